The molecular weight excluding hydrogens is 296 g/mol. The molecule has 2 aliphatic heterocycles. The molecule has 1 unspecified atom stereocenters. The molecule has 1 N–H and O–H groups in total. The van der Waals surface area contributed by atoms with Gasteiger partial charge >= 0.3 is 6.03 Å². The van der Waals surface area contributed by atoms with E-state index in [1.807, 2.05) is 29.0 Å². The molecule has 3 rings (SSSR count). The first-order chi connectivity index (χ1) is 11.1. The predicted molar refractivity (Wildman–Crippen MR) is 85.3 cm³/mol. The maximum atomic E-state index is 12.4. The molecule has 2 aliphatic rings. The van der Waals surface area contributed by atoms with E-state index in [0.717, 1.165) is 32.4 Å². The van der Waals surface area contributed by atoms with E-state index in [-0.39, 0.29) is 11.6 Å². The fourth-order valence-corrected chi connectivity index (χ4v) is 3.41. The minimum Gasteiger partial charge on any atom is -0.381 e. The van der Waals surface area contributed by atoms with E-state index >= 15 is 0 Å². The van der Waals surface area contributed by atoms with Gasteiger partial charge in [-0.1, -0.05) is 0 Å². The summed E-state index contributed by atoms with van der Waals surface area (Å²) in [7, 11) is 3.63. The smallest absolute Gasteiger partial charge is 0.317 e. The molecule has 2 fully saturated rings. The molecule has 1 aromatic heterocycles. The zero-order chi connectivity index (χ0) is 16.3. The van der Waals surface area contributed by atoms with E-state index in [0.29, 0.717) is 25.7 Å². The first kappa shape index (κ1) is 16.3. The summed E-state index contributed by atoms with van der Waals surface area (Å²) in [6.07, 6.45) is 6.56. The van der Waals surface area contributed by atoms with Crippen molar-refractivity contribution in [3.8, 4) is 0 Å². The Bertz CT molecular complexity index is 539. The molecule has 1 atom stereocenters. The van der Waals surface area contributed by atoms with Crippen LogP contribution in [0.4, 0.5) is 4.79 Å². The van der Waals surface area contributed by atoms with Gasteiger partial charge in [-0.15, -0.1) is 0 Å². The lowest BCUT2D eigenvalue weighted by Gasteiger charge is -2.36. The number of nitrogens with zero attached hydrogens (tertiary/aromatic N) is 3. The highest BCUT2D eigenvalue weighted by Gasteiger charge is 2.34. The molecule has 128 valence electrons. The lowest BCUT2D eigenvalue weighted by Crippen LogP contribution is -2.50. The van der Waals surface area contributed by atoms with Gasteiger partial charge in [0, 0.05) is 72.0 Å². The first-order valence-electron chi connectivity index (χ1n) is 8.26. The van der Waals surface area contributed by atoms with Crippen molar-refractivity contribution in [2.75, 3.05) is 40.0 Å². The minimum absolute atomic E-state index is 0.000642. The summed E-state index contributed by atoms with van der Waals surface area (Å²) in [6.45, 7) is 3.46. The third-order valence-corrected chi connectivity index (χ3v) is 5.07. The zero-order valence-corrected chi connectivity index (χ0v) is 14.0. The van der Waals surface area contributed by atoms with Gasteiger partial charge < -0.3 is 19.7 Å². The third-order valence-electron chi connectivity index (χ3n) is 5.07. The van der Waals surface area contributed by atoms with Crippen molar-refractivity contribution in [3.63, 3.8) is 0 Å². The summed E-state index contributed by atoms with van der Waals surface area (Å²) in [5, 5.41) is 7.27. The fourth-order valence-electron chi connectivity index (χ4n) is 3.41. The molecule has 0 spiro atoms. The molecule has 0 bridgehead atoms. The van der Waals surface area contributed by atoms with E-state index < -0.39 is 0 Å². The van der Waals surface area contributed by atoms with Crippen LogP contribution in [0.1, 0.15) is 30.7 Å². The highest BCUT2D eigenvalue weighted by molar-refractivity contribution is 5.74. The summed E-state index contributed by atoms with van der Waals surface area (Å²) >= 11 is 0. The Hall–Kier alpha value is -1.60. The van der Waals surface area contributed by atoms with Gasteiger partial charge in [0.2, 0.25) is 0 Å². The lowest BCUT2D eigenvalue weighted by atomic mass is 9.94. The molecule has 3 heterocycles. The predicted octanol–water partition coefficient (Wildman–Crippen LogP) is 1.11. The monoisotopic (exact) mass is 322 g/mol. The summed E-state index contributed by atoms with van der Waals surface area (Å²) < 4.78 is 12.9. The quantitative estimate of drug-likeness (QED) is 0.902. The van der Waals surface area contributed by atoms with Crippen LogP contribution in [0.15, 0.2) is 12.4 Å². The van der Waals surface area contributed by atoms with Crippen molar-refractivity contribution in [2.24, 2.45) is 7.05 Å². The van der Waals surface area contributed by atoms with Gasteiger partial charge in [-0.3, -0.25) is 4.68 Å². The van der Waals surface area contributed by atoms with Gasteiger partial charge in [0.25, 0.3) is 0 Å². The molecule has 0 radical (unpaired) electrons. The second-order valence-electron chi connectivity index (χ2n) is 6.54. The number of hydrogen-bond donors (Lipinski definition) is 1. The Kier molecular flexibility index (Phi) is 4.87. The summed E-state index contributed by atoms with van der Waals surface area (Å²) in [5.74, 6) is 0.383. The number of nitrogens with one attached hydrogen (secondary N) is 1. The maximum absolute atomic E-state index is 12.4. The van der Waals surface area contributed by atoms with Crippen LogP contribution in [0.5, 0.6) is 0 Å². The van der Waals surface area contributed by atoms with Gasteiger partial charge in [-0.2, -0.15) is 5.10 Å². The van der Waals surface area contributed by atoms with Crippen LogP contribution >= 0.6 is 0 Å². The number of carbonyl (C=O) groups is 1. The highest BCUT2D eigenvalue weighted by Crippen LogP contribution is 2.27. The topological polar surface area (TPSA) is 68.6 Å². The van der Waals surface area contributed by atoms with Crippen LogP contribution in [0.2, 0.25) is 0 Å². The van der Waals surface area contributed by atoms with Crippen LogP contribution in [0.3, 0.4) is 0 Å². The molecule has 7 heteroatoms. The maximum Gasteiger partial charge on any atom is 0.317 e. The Morgan fingerprint density at radius 3 is 2.96 bits per heavy atom. The number of urea groups is 1. The second kappa shape index (κ2) is 6.88. The van der Waals surface area contributed by atoms with Crippen molar-refractivity contribution in [1.82, 2.24) is 20.0 Å². The fraction of sp³-hybridized carbons (Fsp3) is 0.750. The molecule has 23 heavy (non-hydrogen) atoms. The first-order valence-corrected chi connectivity index (χ1v) is 8.26. The van der Waals surface area contributed by atoms with Crippen LogP contribution in [-0.4, -0.2) is 66.3 Å². The van der Waals surface area contributed by atoms with Crippen molar-refractivity contribution in [1.29, 1.82) is 0 Å². The average Bonchev–Trinajstić information content (AvgIpc) is 3.22. The van der Waals surface area contributed by atoms with Crippen LogP contribution in [0, 0.1) is 0 Å². The minimum atomic E-state index is -0.281. The van der Waals surface area contributed by atoms with E-state index in [4.69, 9.17) is 9.47 Å². The second-order valence-corrected chi connectivity index (χ2v) is 6.54. The molecule has 2 amide bonds. The van der Waals surface area contributed by atoms with Gasteiger partial charge in [0.15, 0.2) is 0 Å². The standard InChI is InChI=1S/C16H26N4O3/c1-19-10-14(9-18-19)13-3-6-20(11-13)15(21)17-12-16(22-2)4-7-23-8-5-16/h9-10,13H,3-8,11-12H2,1-2H3,(H,17,21). The number of hydrogen-bond acceptors (Lipinski definition) is 4. The van der Waals surface area contributed by atoms with E-state index in [9.17, 15) is 4.79 Å². The normalized spacial score (nSPS) is 23.9. The van der Waals surface area contributed by atoms with Gasteiger partial charge in [0.1, 0.15) is 0 Å². The van der Waals surface area contributed by atoms with E-state index in [2.05, 4.69) is 10.4 Å². The van der Waals surface area contributed by atoms with Crippen molar-refractivity contribution in [3.05, 3.63) is 18.0 Å². The van der Waals surface area contributed by atoms with Crippen molar-refractivity contribution >= 4 is 6.03 Å². The number of aryl methyl sites for hydroxylation is 1. The SMILES string of the molecule is COC1(CNC(=O)N2CCC(c3cnn(C)c3)C2)CCOCC1. The van der Waals surface area contributed by atoms with Crippen LogP contribution in [-0.2, 0) is 16.5 Å². The average molecular weight is 322 g/mol. The summed E-state index contributed by atoms with van der Waals surface area (Å²) in [5.41, 5.74) is 0.928. The number of amides is 2. The number of carbonyl (C=O) groups excluding carboxylic acids is 1. The van der Waals surface area contributed by atoms with Crippen molar-refractivity contribution in [2.45, 2.75) is 30.8 Å². The van der Waals surface area contributed by atoms with Crippen LogP contribution < -0.4 is 5.32 Å². The Labute approximate surface area is 136 Å². The molecular formula is C16H26N4O3. The molecule has 0 aliphatic carbocycles. The molecule has 2 saturated heterocycles. The molecule has 7 nitrogen and oxygen atoms in total. The van der Waals surface area contributed by atoms with Gasteiger partial charge in [-0.05, 0) is 12.0 Å². The van der Waals surface area contributed by atoms with Crippen molar-refractivity contribution < 1.29 is 14.3 Å². The molecule has 1 aromatic rings. The number of rotatable bonds is 4. The van der Waals surface area contributed by atoms with E-state index in [1.165, 1.54) is 5.56 Å². The Morgan fingerprint density at radius 2 is 2.30 bits per heavy atom. The number of aromatic nitrogens is 2. The zero-order valence-electron chi connectivity index (χ0n) is 14.0. The number of ether oxygens (including phenoxy) is 2. The number of methoxy groups -OCH3 is 1. The Balaban J connectivity index is 1.51. The largest absolute Gasteiger partial charge is 0.381 e. The van der Waals surface area contributed by atoms with E-state index in [1.54, 1.807) is 7.11 Å². The Morgan fingerprint density at radius 1 is 1.52 bits per heavy atom. The third kappa shape index (κ3) is 3.67. The molecule has 0 aromatic carbocycles. The highest BCUT2D eigenvalue weighted by atomic mass is 16.5. The summed E-state index contributed by atoms with van der Waals surface area (Å²) in [4.78, 5) is 14.3. The van der Waals surface area contributed by atoms with Crippen LogP contribution in [0.25, 0.3) is 0 Å². The number of likely N-dealkylation sites (tertiary alicyclic amines) is 1. The lowest BCUT2D eigenvalue weighted by molar-refractivity contribution is -0.0864. The van der Waals surface area contributed by atoms with Gasteiger partial charge in [-0.25, -0.2) is 4.79 Å². The van der Waals surface area contributed by atoms with Gasteiger partial charge in [0.05, 0.1) is 11.8 Å². The molecule has 0 saturated carbocycles. The summed E-state index contributed by atoms with van der Waals surface area (Å²) in [6, 6.07) is -0.000642.